The van der Waals surface area contributed by atoms with E-state index in [2.05, 4.69) is 27.3 Å². The zero-order chi connectivity index (χ0) is 13.7. The topological polar surface area (TPSA) is 58.1 Å². The van der Waals surface area contributed by atoms with Crippen molar-refractivity contribution in [2.24, 2.45) is 5.92 Å². The minimum absolute atomic E-state index is 0.0726. The number of carbonyl (C=O) groups excluding carboxylic acids is 1. The summed E-state index contributed by atoms with van der Waals surface area (Å²) >= 11 is 0. The summed E-state index contributed by atoms with van der Waals surface area (Å²) in [5.74, 6) is 1.12. The van der Waals surface area contributed by atoms with Gasteiger partial charge in [0.2, 0.25) is 5.91 Å². The molecule has 1 aliphatic rings. The molecule has 2 rings (SSSR count). The van der Waals surface area contributed by atoms with Gasteiger partial charge in [-0.1, -0.05) is 6.92 Å². The maximum atomic E-state index is 12.0. The van der Waals surface area contributed by atoms with Crippen molar-refractivity contribution < 1.29 is 4.79 Å². The van der Waals surface area contributed by atoms with Gasteiger partial charge >= 0.3 is 0 Å². The molecule has 1 saturated heterocycles. The largest absolute Gasteiger partial charge is 0.356 e. The van der Waals surface area contributed by atoms with Crippen molar-refractivity contribution in [1.29, 1.82) is 0 Å². The van der Waals surface area contributed by atoms with Crippen LogP contribution in [0.5, 0.6) is 0 Å². The van der Waals surface area contributed by atoms with Crippen LogP contribution in [-0.4, -0.2) is 35.7 Å². The highest BCUT2D eigenvalue weighted by Gasteiger charge is 2.26. The van der Waals surface area contributed by atoms with Crippen molar-refractivity contribution in [3.63, 3.8) is 0 Å². The molecule has 1 fully saturated rings. The lowest BCUT2D eigenvalue weighted by Gasteiger charge is -2.32. The third kappa shape index (κ3) is 3.66. The molecule has 1 aliphatic heterocycles. The van der Waals surface area contributed by atoms with E-state index in [0.717, 1.165) is 50.4 Å². The van der Waals surface area contributed by atoms with Crippen LogP contribution in [0.2, 0.25) is 0 Å². The van der Waals surface area contributed by atoms with Crippen molar-refractivity contribution in [2.75, 3.05) is 24.5 Å². The lowest BCUT2D eigenvalue weighted by molar-refractivity contribution is -0.125. The van der Waals surface area contributed by atoms with E-state index < -0.39 is 0 Å². The van der Waals surface area contributed by atoms with E-state index in [1.807, 2.05) is 19.1 Å². The van der Waals surface area contributed by atoms with Crippen LogP contribution in [0.15, 0.2) is 12.1 Å². The number of nitrogens with zero attached hydrogens (tertiary/aromatic N) is 3. The van der Waals surface area contributed by atoms with Gasteiger partial charge in [0.25, 0.3) is 0 Å². The molecule has 1 atom stereocenters. The molecule has 1 N–H and O–H groups in total. The van der Waals surface area contributed by atoms with Crippen LogP contribution >= 0.6 is 0 Å². The molecule has 0 aliphatic carbocycles. The van der Waals surface area contributed by atoms with E-state index in [-0.39, 0.29) is 11.8 Å². The fourth-order valence-corrected chi connectivity index (χ4v) is 2.35. The van der Waals surface area contributed by atoms with Crippen LogP contribution in [0.25, 0.3) is 0 Å². The van der Waals surface area contributed by atoms with Crippen LogP contribution in [0.3, 0.4) is 0 Å². The van der Waals surface area contributed by atoms with E-state index in [9.17, 15) is 4.79 Å². The predicted molar refractivity (Wildman–Crippen MR) is 75.0 cm³/mol. The average molecular weight is 262 g/mol. The van der Waals surface area contributed by atoms with Gasteiger partial charge < -0.3 is 10.2 Å². The smallest absolute Gasteiger partial charge is 0.224 e. The van der Waals surface area contributed by atoms with E-state index >= 15 is 0 Å². The standard InChI is InChI=1S/C14H22N4O/c1-3-8-15-14(19)12-5-4-9-18(10-12)13-7-6-11(2)16-17-13/h6-7,12H,3-5,8-10H2,1-2H3,(H,15,19). The molecular formula is C14H22N4O. The molecule has 0 aromatic carbocycles. The number of aryl methyl sites for hydroxylation is 1. The van der Waals surface area contributed by atoms with E-state index in [1.54, 1.807) is 0 Å². The van der Waals surface area contributed by atoms with Crippen molar-refractivity contribution in [3.8, 4) is 0 Å². The SMILES string of the molecule is CCCNC(=O)C1CCCN(c2ccc(C)nn2)C1. The van der Waals surface area contributed by atoms with Crippen LogP contribution in [-0.2, 0) is 4.79 Å². The number of amides is 1. The Balaban J connectivity index is 1.96. The molecule has 19 heavy (non-hydrogen) atoms. The number of carbonyl (C=O) groups is 1. The highest BCUT2D eigenvalue weighted by Crippen LogP contribution is 2.21. The van der Waals surface area contributed by atoms with Gasteiger partial charge in [0.15, 0.2) is 5.82 Å². The highest BCUT2D eigenvalue weighted by molar-refractivity contribution is 5.79. The molecular weight excluding hydrogens is 240 g/mol. The molecule has 0 bridgehead atoms. The Morgan fingerprint density at radius 3 is 3.00 bits per heavy atom. The van der Waals surface area contributed by atoms with Crippen molar-refractivity contribution >= 4 is 11.7 Å². The number of anilines is 1. The predicted octanol–water partition coefficient (Wildman–Crippen LogP) is 1.53. The summed E-state index contributed by atoms with van der Waals surface area (Å²) in [7, 11) is 0. The Labute approximate surface area is 114 Å². The number of hydrogen-bond acceptors (Lipinski definition) is 4. The number of aromatic nitrogens is 2. The lowest BCUT2D eigenvalue weighted by atomic mass is 9.97. The van der Waals surface area contributed by atoms with Crippen LogP contribution in [0.4, 0.5) is 5.82 Å². The number of hydrogen-bond donors (Lipinski definition) is 1. The van der Waals surface area contributed by atoms with Gasteiger partial charge in [-0.25, -0.2) is 0 Å². The first kappa shape index (κ1) is 13.8. The Bertz CT molecular complexity index is 418. The summed E-state index contributed by atoms with van der Waals surface area (Å²) in [5.41, 5.74) is 0.915. The van der Waals surface area contributed by atoms with Gasteiger partial charge in [0.05, 0.1) is 11.6 Å². The Morgan fingerprint density at radius 2 is 2.32 bits per heavy atom. The molecule has 5 heteroatoms. The van der Waals surface area contributed by atoms with Gasteiger partial charge in [-0.15, -0.1) is 5.10 Å². The maximum Gasteiger partial charge on any atom is 0.224 e. The molecule has 1 amide bonds. The molecule has 1 aromatic heterocycles. The molecule has 5 nitrogen and oxygen atoms in total. The molecule has 1 unspecified atom stereocenters. The summed E-state index contributed by atoms with van der Waals surface area (Å²) in [5, 5.41) is 11.3. The van der Waals surface area contributed by atoms with Gasteiger partial charge in [-0.3, -0.25) is 4.79 Å². The molecule has 0 radical (unpaired) electrons. The van der Waals surface area contributed by atoms with Crippen molar-refractivity contribution in [2.45, 2.75) is 33.1 Å². The fraction of sp³-hybridized carbons (Fsp3) is 0.643. The number of nitrogens with one attached hydrogen (secondary N) is 1. The molecule has 2 heterocycles. The summed E-state index contributed by atoms with van der Waals surface area (Å²) in [6.07, 6.45) is 2.97. The minimum atomic E-state index is 0.0726. The van der Waals surface area contributed by atoms with Gasteiger partial charge in [0, 0.05) is 19.6 Å². The van der Waals surface area contributed by atoms with Gasteiger partial charge in [0.1, 0.15) is 0 Å². The molecule has 1 aromatic rings. The molecule has 0 spiro atoms. The number of rotatable bonds is 4. The third-order valence-corrected chi connectivity index (χ3v) is 3.45. The monoisotopic (exact) mass is 262 g/mol. The van der Waals surface area contributed by atoms with Crippen molar-refractivity contribution in [3.05, 3.63) is 17.8 Å². The van der Waals surface area contributed by atoms with Gasteiger partial charge in [-0.2, -0.15) is 5.10 Å². The molecule has 0 saturated carbocycles. The summed E-state index contributed by atoms with van der Waals surface area (Å²) in [4.78, 5) is 14.2. The molecule has 104 valence electrons. The van der Waals surface area contributed by atoms with E-state index in [4.69, 9.17) is 0 Å². The van der Waals surface area contributed by atoms with Crippen LogP contribution in [0, 0.1) is 12.8 Å². The second kappa shape index (κ2) is 6.50. The first-order chi connectivity index (χ1) is 9.20. The third-order valence-electron chi connectivity index (χ3n) is 3.45. The van der Waals surface area contributed by atoms with Crippen LogP contribution in [0.1, 0.15) is 31.9 Å². The lowest BCUT2D eigenvalue weighted by Crippen LogP contribution is -2.43. The first-order valence-electron chi connectivity index (χ1n) is 7.03. The second-order valence-electron chi connectivity index (χ2n) is 5.11. The average Bonchev–Trinajstić information content (AvgIpc) is 2.45. The quantitative estimate of drug-likeness (QED) is 0.894. The summed E-state index contributed by atoms with van der Waals surface area (Å²) in [6.45, 7) is 6.45. The Kier molecular flexibility index (Phi) is 4.71. The zero-order valence-corrected chi connectivity index (χ0v) is 11.7. The maximum absolute atomic E-state index is 12.0. The Morgan fingerprint density at radius 1 is 1.47 bits per heavy atom. The zero-order valence-electron chi connectivity index (χ0n) is 11.7. The summed E-state index contributed by atoms with van der Waals surface area (Å²) < 4.78 is 0. The Hall–Kier alpha value is -1.65. The van der Waals surface area contributed by atoms with Crippen LogP contribution < -0.4 is 10.2 Å². The van der Waals surface area contributed by atoms with Gasteiger partial charge in [-0.05, 0) is 38.3 Å². The highest BCUT2D eigenvalue weighted by atomic mass is 16.1. The fourth-order valence-electron chi connectivity index (χ4n) is 2.35. The number of piperidine rings is 1. The minimum Gasteiger partial charge on any atom is -0.356 e. The van der Waals surface area contributed by atoms with E-state index in [1.165, 1.54) is 0 Å². The van der Waals surface area contributed by atoms with Crippen molar-refractivity contribution in [1.82, 2.24) is 15.5 Å². The normalized spacial score (nSPS) is 19.3. The second-order valence-corrected chi connectivity index (χ2v) is 5.11. The first-order valence-corrected chi connectivity index (χ1v) is 7.03. The summed E-state index contributed by atoms with van der Waals surface area (Å²) in [6, 6.07) is 3.94. The van der Waals surface area contributed by atoms with E-state index in [0.29, 0.717) is 0 Å².